The predicted octanol–water partition coefficient (Wildman–Crippen LogP) is -0.450. The molecule has 1 fully saturated rings. The maximum absolute atomic E-state index is 12.0. The fraction of sp³-hybridized carbons (Fsp3) is 0.714. The predicted molar refractivity (Wildman–Crippen MR) is 70.2 cm³/mol. The van der Waals surface area contributed by atoms with Crippen LogP contribution in [0.1, 0.15) is 19.8 Å². The van der Waals surface area contributed by atoms with Crippen LogP contribution in [0, 0.1) is 5.92 Å². The molecular weight excluding hydrogens is 280 g/mol. The molecule has 118 valence electrons. The molecule has 2 rings (SSSR count). The van der Waals surface area contributed by atoms with Gasteiger partial charge in [-0.25, -0.2) is 4.79 Å². The van der Waals surface area contributed by atoms with Gasteiger partial charge in [-0.3, -0.25) is 0 Å². The van der Waals surface area contributed by atoms with E-state index in [1.54, 1.807) is 6.92 Å². The molecule has 0 aromatic heterocycles. The first-order valence-electron chi connectivity index (χ1n) is 7.01. The molecule has 0 amide bonds. The minimum absolute atomic E-state index is 0.202. The van der Waals surface area contributed by atoms with Crippen LogP contribution < -0.4 is 0 Å². The summed E-state index contributed by atoms with van der Waals surface area (Å²) in [5.41, 5.74) is 0.202. The van der Waals surface area contributed by atoms with E-state index in [1.165, 1.54) is 6.08 Å². The maximum atomic E-state index is 12.0. The molecule has 1 spiro atoms. The summed E-state index contributed by atoms with van der Waals surface area (Å²) >= 11 is 0. The maximum Gasteiger partial charge on any atom is 0.334 e. The molecule has 7 heteroatoms. The Balaban J connectivity index is 2.27. The Hall–Kier alpha value is -1.28. The van der Waals surface area contributed by atoms with E-state index < -0.39 is 29.9 Å². The Morgan fingerprint density at radius 1 is 1.43 bits per heavy atom. The highest BCUT2D eigenvalue weighted by Gasteiger charge is 2.49. The summed E-state index contributed by atoms with van der Waals surface area (Å²) in [6, 6.07) is 0. The first kappa shape index (κ1) is 16.1. The number of carbonyl (C=O) groups excluding carboxylic acids is 2. The Kier molecular flexibility index (Phi) is 5.10. The molecule has 2 aliphatic rings. The van der Waals surface area contributed by atoms with Gasteiger partial charge in [-0.05, 0) is 19.4 Å². The highest BCUT2D eigenvalue weighted by atomic mass is 16.8. The monoisotopic (exact) mass is 300 g/mol. The lowest BCUT2D eigenvalue weighted by Gasteiger charge is -2.32. The van der Waals surface area contributed by atoms with Crippen molar-refractivity contribution in [1.82, 2.24) is 0 Å². The normalized spacial score (nSPS) is 31.0. The molecule has 1 unspecified atom stereocenters. The number of ether oxygens (including phenoxy) is 3. The van der Waals surface area contributed by atoms with Gasteiger partial charge < -0.3 is 29.2 Å². The van der Waals surface area contributed by atoms with Crippen molar-refractivity contribution >= 4 is 12.3 Å². The third-order valence-corrected chi connectivity index (χ3v) is 3.73. The van der Waals surface area contributed by atoms with Crippen LogP contribution in [0.25, 0.3) is 0 Å². The lowest BCUT2D eigenvalue weighted by atomic mass is 9.85. The van der Waals surface area contributed by atoms with Gasteiger partial charge >= 0.3 is 5.97 Å². The van der Waals surface area contributed by atoms with Crippen molar-refractivity contribution in [2.75, 3.05) is 19.8 Å². The van der Waals surface area contributed by atoms with Crippen LogP contribution in [0.3, 0.4) is 0 Å². The molecule has 0 radical (unpaired) electrons. The molecule has 0 aromatic rings. The van der Waals surface area contributed by atoms with Crippen molar-refractivity contribution in [3.63, 3.8) is 0 Å². The summed E-state index contributed by atoms with van der Waals surface area (Å²) in [4.78, 5) is 23.1. The van der Waals surface area contributed by atoms with E-state index in [1.807, 2.05) is 0 Å². The van der Waals surface area contributed by atoms with Crippen LogP contribution in [0.5, 0.6) is 0 Å². The number of carbonyl (C=O) groups is 2. The molecule has 2 N–H and O–H groups in total. The quantitative estimate of drug-likeness (QED) is 0.523. The van der Waals surface area contributed by atoms with E-state index in [0.717, 1.165) is 0 Å². The average Bonchev–Trinajstić information content (AvgIpc) is 2.85. The minimum Gasteiger partial charge on any atom is -0.463 e. The first-order chi connectivity index (χ1) is 10.1. The van der Waals surface area contributed by atoms with Crippen molar-refractivity contribution in [3.8, 4) is 0 Å². The van der Waals surface area contributed by atoms with Gasteiger partial charge in [0.2, 0.25) is 0 Å². The molecule has 21 heavy (non-hydrogen) atoms. The number of esters is 1. The van der Waals surface area contributed by atoms with Gasteiger partial charge in [0, 0.05) is 17.9 Å². The Labute approximate surface area is 122 Å². The fourth-order valence-electron chi connectivity index (χ4n) is 2.68. The van der Waals surface area contributed by atoms with Gasteiger partial charge in [0.05, 0.1) is 19.8 Å². The fourth-order valence-corrected chi connectivity index (χ4v) is 2.68. The molecule has 3 atom stereocenters. The molecule has 1 aliphatic heterocycles. The topological polar surface area (TPSA) is 102 Å². The number of hydrogen-bond donors (Lipinski definition) is 2. The molecule has 0 bridgehead atoms. The van der Waals surface area contributed by atoms with E-state index in [9.17, 15) is 19.8 Å². The van der Waals surface area contributed by atoms with Crippen LogP contribution in [0.15, 0.2) is 11.6 Å². The van der Waals surface area contributed by atoms with Gasteiger partial charge in [-0.2, -0.15) is 0 Å². The Morgan fingerprint density at radius 3 is 2.52 bits per heavy atom. The second-order valence-corrected chi connectivity index (χ2v) is 5.09. The van der Waals surface area contributed by atoms with E-state index in [-0.39, 0.29) is 25.4 Å². The van der Waals surface area contributed by atoms with Gasteiger partial charge in [-0.15, -0.1) is 0 Å². The summed E-state index contributed by atoms with van der Waals surface area (Å²) in [5.74, 6) is -2.32. The first-order valence-corrected chi connectivity index (χ1v) is 7.01. The highest BCUT2D eigenvalue weighted by Crippen LogP contribution is 2.40. The number of aliphatic hydroxyl groups excluding tert-OH is 2. The van der Waals surface area contributed by atoms with Crippen molar-refractivity contribution in [2.45, 2.75) is 37.8 Å². The van der Waals surface area contributed by atoms with E-state index in [2.05, 4.69) is 0 Å². The van der Waals surface area contributed by atoms with Gasteiger partial charge in [0.25, 0.3) is 0 Å². The second kappa shape index (κ2) is 6.65. The second-order valence-electron chi connectivity index (χ2n) is 5.09. The SMILES string of the molecule is CCOC(=O)C1=CC2(CCC1C=O)O[C@@H](CO)[C@H](CO)O2. The minimum atomic E-state index is -1.19. The third-order valence-electron chi connectivity index (χ3n) is 3.73. The summed E-state index contributed by atoms with van der Waals surface area (Å²) in [6.45, 7) is 1.29. The number of hydrogen-bond acceptors (Lipinski definition) is 7. The largest absolute Gasteiger partial charge is 0.463 e. The van der Waals surface area contributed by atoms with Gasteiger partial charge in [0.15, 0.2) is 5.79 Å². The average molecular weight is 300 g/mol. The zero-order valence-electron chi connectivity index (χ0n) is 11.9. The third kappa shape index (κ3) is 3.16. The zero-order chi connectivity index (χ0) is 15.5. The molecule has 7 nitrogen and oxygen atoms in total. The van der Waals surface area contributed by atoms with Crippen molar-refractivity contribution in [1.29, 1.82) is 0 Å². The van der Waals surface area contributed by atoms with Gasteiger partial charge in [-0.1, -0.05) is 0 Å². The molecule has 0 saturated carbocycles. The molecule has 1 aliphatic carbocycles. The summed E-state index contributed by atoms with van der Waals surface area (Å²) in [7, 11) is 0. The van der Waals surface area contributed by atoms with Crippen LogP contribution in [-0.2, 0) is 23.8 Å². The number of aldehydes is 1. The van der Waals surface area contributed by atoms with Crippen LogP contribution in [0.4, 0.5) is 0 Å². The molecule has 1 heterocycles. The summed E-state index contributed by atoms with van der Waals surface area (Å²) in [5, 5.41) is 18.5. The summed E-state index contributed by atoms with van der Waals surface area (Å²) in [6.07, 6.45) is 1.57. The van der Waals surface area contributed by atoms with Crippen molar-refractivity contribution in [2.24, 2.45) is 5.92 Å². The zero-order valence-corrected chi connectivity index (χ0v) is 11.9. The standard InChI is InChI=1S/C14H20O7/c1-2-19-13(18)10-5-14(4-3-9(10)6-15)20-11(7-16)12(8-17)21-14/h5-6,9,11-12,16-17H,2-4,7-8H2,1H3/t9?,11-,12-/m0/s1. The number of aliphatic hydroxyl groups is 2. The van der Waals surface area contributed by atoms with Crippen LogP contribution in [0.2, 0.25) is 0 Å². The van der Waals surface area contributed by atoms with Crippen molar-refractivity contribution in [3.05, 3.63) is 11.6 Å². The number of rotatable bonds is 5. The Bertz CT molecular complexity index is 419. The smallest absolute Gasteiger partial charge is 0.334 e. The van der Waals surface area contributed by atoms with E-state index in [4.69, 9.17) is 14.2 Å². The van der Waals surface area contributed by atoms with Crippen molar-refractivity contribution < 1.29 is 34.0 Å². The molecule has 0 aromatic carbocycles. The van der Waals surface area contributed by atoms with E-state index in [0.29, 0.717) is 19.1 Å². The van der Waals surface area contributed by atoms with Gasteiger partial charge in [0.1, 0.15) is 18.5 Å². The van der Waals surface area contributed by atoms with E-state index >= 15 is 0 Å². The molecular formula is C14H20O7. The van der Waals surface area contributed by atoms with Crippen LogP contribution >= 0.6 is 0 Å². The summed E-state index contributed by atoms with van der Waals surface area (Å²) < 4.78 is 16.3. The lowest BCUT2D eigenvalue weighted by Crippen LogP contribution is -2.37. The molecule has 1 saturated heterocycles. The van der Waals surface area contributed by atoms with Crippen LogP contribution in [-0.4, -0.2) is 60.3 Å². The highest BCUT2D eigenvalue weighted by molar-refractivity contribution is 5.93. The lowest BCUT2D eigenvalue weighted by molar-refractivity contribution is -0.158. The Morgan fingerprint density at radius 2 is 2.05 bits per heavy atom.